The Hall–Kier alpha value is -0.270. The van der Waals surface area contributed by atoms with Crippen LogP contribution in [0, 0.1) is 0 Å². The first-order valence-electron chi connectivity index (χ1n) is 3.52. The van der Waals surface area contributed by atoms with Crippen LogP contribution in [0.3, 0.4) is 0 Å². The topological polar surface area (TPSA) is 90.2 Å². The van der Waals surface area contributed by atoms with Gasteiger partial charge in [0.2, 0.25) is 0 Å². The van der Waals surface area contributed by atoms with Crippen LogP contribution < -0.4 is 0 Å². The molecule has 1 aliphatic heterocycles. The molecule has 0 aliphatic carbocycles. The van der Waals surface area contributed by atoms with Crippen LogP contribution in [0.15, 0.2) is 0 Å². The summed E-state index contributed by atoms with van der Waals surface area (Å²) >= 11 is 0. The molecule has 5 atom stereocenters. The maximum atomic E-state index is 12.9. The van der Waals surface area contributed by atoms with Crippen LogP contribution in [0.4, 0.5) is 4.39 Å². The standard InChI is InChI=1S/C6H11FO5/c7-3-2(1-8)12-6(11)5(10)4(3)9/h2-6,8-11H,1H2/t2-,3-,4+,5+,6-/m1/s1. The van der Waals surface area contributed by atoms with E-state index in [4.69, 9.17) is 20.4 Å². The number of halogens is 1. The molecule has 6 heteroatoms. The van der Waals surface area contributed by atoms with Gasteiger partial charge in [0.05, 0.1) is 6.61 Å². The lowest BCUT2D eigenvalue weighted by atomic mass is 10.0. The molecule has 0 spiro atoms. The van der Waals surface area contributed by atoms with Gasteiger partial charge in [0.1, 0.15) is 18.3 Å². The molecule has 1 heterocycles. The fourth-order valence-corrected chi connectivity index (χ4v) is 1.06. The van der Waals surface area contributed by atoms with Gasteiger partial charge in [-0.1, -0.05) is 0 Å². The third-order valence-electron chi connectivity index (χ3n) is 1.82. The van der Waals surface area contributed by atoms with Crippen LogP contribution in [0.5, 0.6) is 0 Å². The van der Waals surface area contributed by atoms with Crippen molar-refractivity contribution in [3.63, 3.8) is 0 Å². The van der Waals surface area contributed by atoms with E-state index < -0.39 is 37.4 Å². The minimum Gasteiger partial charge on any atom is -0.394 e. The van der Waals surface area contributed by atoms with Gasteiger partial charge in [0.25, 0.3) is 0 Å². The van der Waals surface area contributed by atoms with E-state index in [1.807, 2.05) is 0 Å². The molecule has 1 fully saturated rings. The molecule has 0 aromatic rings. The summed E-state index contributed by atoms with van der Waals surface area (Å²) < 4.78 is 17.3. The molecule has 0 amide bonds. The van der Waals surface area contributed by atoms with Crippen molar-refractivity contribution in [1.29, 1.82) is 0 Å². The van der Waals surface area contributed by atoms with Gasteiger partial charge in [-0.2, -0.15) is 0 Å². The monoisotopic (exact) mass is 182 g/mol. The molecule has 1 aliphatic rings. The fraction of sp³-hybridized carbons (Fsp3) is 1.00. The number of rotatable bonds is 1. The molecule has 0 unspecified atom stereocenters. The Morgan fingerprint density at radius 2 is 1.75 bits per heavy atom. The predicted molar refractivity (Wildman–Crippen MR) is 34.9 cm³/mol. The highest BCUT2D eigenvalue weighted by Crippen LogP contribution is 2.21. The normalized spacial score (nSPS) is 49.2. The summed E-state index contributed by atoms with van der Waals surface area (Å²) in [6.45, 7) is -0.651. The molecule has 5 nitrogen and oxygen atoms in total. The van der Waals surface area contributed by atoms with Gasteiger partial charge in [0.15, 0.2) is 12.5 Å². The van der Waals surface area contributed by atoms with Gasteiger partial charge in [-0.15, -0.1) is 0 Å². The van der Waals surface area contributed by atoms with Crippen LogP contribution in [0.2, 0.25) is 0 Å². The second kappa shape index (κ2) is 3.63. The molecular weight excluding hydrogens is 171 g/mol. The SMILES string of the molecule is OC[C@H]1O[C@@H](O)[C@@H](O)[C@@H](O)[C@@H]1F. The van der Waals surface area contributed by atoms with Crippen LogP contribution in [0.1, 0.15) is 0 Å². The van der Waals surface area contributed by atoms with Crippen LogP contribution in [0.25, 0.3) is 0 Å². The van der Waals surface area contributed by atoms with Crippen molar-refractivity contribution >= 4 is 0 Å². The summed E-state index contributed by atoms with van der Waals surface area (Å²) in [5.41, 5.74) is 0. The zero-order valence-electron chi connectivity index (χ0n) is 6.17. The lowest BCUT2D eigenvalue weighted by Crippen LogP contribution is -2.56. The van der Waals surface area contributed by atoms with Gasteiger partial charge in [-0.05, 0) is 0 Å². The molecule has 0 aromatic heterocycles. The first-order valence-corrected chi connectivity index (χ1v) is 3.52. The average Bonchev–Trinajstić information content (AvgIpc) is 2.08. The third-order valence-corrected chi connectivity index (χ3v) is 1.82. The third kappa shape index (κ3) is 1.57. The summed E-state index contributed by atoms with van der Waals surface area (Å²) in [6, 6.07) is 0. The Kier molecular flexibility index (Phi) is 2.97. The van der Waals surface area contributed by atoms with Gasteiger partial charge in [-0.3, -0.25) is 0 Å². The van der Waals surface area contributed by atoms with E-state index in [0.717, 1.165) is 0 Å². The van der Waals surface area contributed by atoms with E-state index in [1.165, 1.54) is 0 Å². The summed E-state index contributed by atoms with van der Waals surface area (Å²) in [5, 5.41) is 35.2. The quantitative estimate of drug-likeness (QED) is 0.368. The molecule has 1 rings (SSSR count). The molecule has 0 saturated carbocycles. The molecule has 72 valence electrons. The second-order valence-electron chi connectivity index (χ2n) is 2.67. The van der Waals surface area contributed by atoms with Gasteiger partial charge in [-0.25, -0.2) is 4.39 Å². The maximum Gasteiger partial charge on any atom is 0.184 e. The first-order chi connectivity index (χ1) is 5.57. The van der Waals surface area contributed by atoms with Crippen LogP contribution >= 0.6 is 0 Å². The van der Waals surface area contributed by atoms with Gasteiger partial charge < -0.3 is 25.2 Å². The van der Waals surface area contributed by atoms with Crippen molar-refractivity contribution in [3.8, 4) is 0 Å². The molecule has 1 saturated heterocycles. The predicted octanol–water partition coefficient (Wildman–Crippen LogP) is -2.24. The van der Waals surface area contributed by atoms with E-state index in [-0.39, 0.29) is 0 Å². The molecule has 0 bridgehead atoms. The molecule has 12 heavy (non-hydrogen) atoms. The number of hydrogen-bond acceptors (Lipinski definition) is 5. The Morgan fingerprint density at radius 3 is 2.25 bits per heavy atom. The number of ether oxygens (including phenoxy) is 1. The maximum absolute atomic E-state index is 12.9. The molecule has 4 N–H and O–H groups in total. The average molecular weight is 182 g/mol. The summed E-state index contributed by atoms with van der Waals surface area (Å²) in [6.07, 6.45) is -8.19. The van der Waals surface area contributed by atoms with Crippen molar-refractivity contribution in [2.24, 2.45) is 0 Å². The number of aliphatic hydroxyl groups excluding tert-OH is 4. The molecular formula is C6H11FO5. The molecule has 0 aromatic carbocycles. The van der Waals surface area contributed by atoms with E-state index in [0.29, 0.717) is 0 Å². The molecule has 0 radical (unpaired) electrons. The highest BCUT2D eigenvalue weighted by molar-refractivity contribution is 4.88. The second-order valence-corrected chi connectivity index (χ2v) is 2.67. The largest absolute Gasteiger partial charge is 0.394 e. The number of alkyl halides is 1. The number of aliphatic hydroxyl groups is 4. The van der Waals surface area contributed by atoms with Gasteiger partial charge in [0, 0.05) is 0 Å². The van der Waals surface area contributed by atoms with Crippen LogP contribution in [-0.2, 0) is 4.74 Å². The van der Waals surface area contributed by atoms with Crippen LogP contribution in [-0.4, -0.2) is 57.8 Å². The Morgan fingerprint density at radius 1 is 1.17 bits per heavy atom. The minimum atomic E-state index is -1.88. The highest BCUT2D eigenvalue weighted by Gasteiger charge is 2.43. The zero-order valence-corrected chi connectivity index (χ0v) is 6.17. The zero-order chi connectivity index (χ0) is 9.30. The lowest BCUT2D eigenvalue weighted by molar-refractivity contribution is -0.274. The first kappa shape index (κ1) is 9.82. The van der Waals surface area contributed by atoms with E-state index in [1.54, 1.807) is 0 Å². The van der Waals surface area contributed by atoms with Crippen molar-refractivity contribution in [1.82, 2.24) is 0 Å². The van der Waals surface area contributed by atoms with E-state index in [9.17, 15) is 4.39 Å². The lowest BCUT2D eigenvalue weighted by Gasteiger charge is -2.36. The Labute approximate surface area is 68.0 Å². The summed E-state index contributed by atoms with van der Waals surface area (Å²) in [7, 11) is 0. The van der Waals surface area contributed by atoms with Crippen molar-refractivity contribution < 1.29 is 29.6 Å². The van der Waals surface area contributed by atoms with Crippen molar-refractivity contribution in [3.05, 3.63) is 0 Å². The van der Waals surface area contributed by atoms with E-state index >= 15 is 0 Å². The summed E-state index contributed by atoms with van der Waals surface area (Å²) in [4.78, 5) is 0. The number of hydrogen-bond donors (Lipinski definition) is 4. The smallest absolute Gasteiger partial charge is 0.184 e. The summed E-state index contributed by atoms with van der Waals surface area (Å²) in [5.74, 6) is 0. The van der Waals surface area contributed by atoms with E-state index in [2.05, 4.69) is 4.74 Å². The Balaban J connectivity index is 2.63. The highest BCUT2D eigenvalue weighted by atomic mass is 19.1. The van der Waals surface area contributed by atoms with Gasteiger partial charge >= 0.3 is 0 Å². The van der Waals surface area contributed by atoms with Crippen molar-refractivity contribution in [2.45, 2.75) is 30.8 Å². The fourth-order valence-electron chi connectivity index (χ4n) is 1.06. The van der Waals surface area contributed by atoms with Crippen molar-refractivity contribution in [2.75, 3.05) is 6.61 Å². The Bertz CT molecular complexity index is 150. The minimum absolute atomic E-state index is 0.651.